The van der Waals surface area contributed by atoms with Crippen molar-refractivity contribution in [3.05, 3.63) is 40.9 Å². The largest absolute Gasteiger partial charge is 0.501 e. The summed E-state index contributed by atoms with van der Waals surface area (Å²) >= 11 is 3.00. The topological polar surface area (TPSA) is 54.4 Å². The second-order valence-corrected chi connectivity index (χ2v) is 6.82. The van der Waals surface area contributed by atoms with E-state index >= 15 is 0 Å². The molecule has 118 valence electrons. The molecule has 0 amide bonds. The van der Waals surface area contributed by atoms with Crippen molar-refractivity contribution in [3.8, 4) is 0 Å². The van der Waals surface area contributed by atoms with Crippen LogP contribution >= 0.6 is 15.9 Å². The van der Waals surface area contributed by atoms with E-state index in [-0.39, 0.29) is 16.5 Å². The van der Waals surface area contributed by atoms with Crippen LogP contribution in [0.15, 0.2) is 34.7 Å². The van der Waals surface area contributed by atoms with E-state index in [2.05, 4.69) is 29.1 Å². The Morgan fingerprint density at radius 1 is 1.29 bits per heavy atom. The number of fused-ring (bicyclic) bond motifs is 1. The van der Waals surface area contributed by atoms with Crippen molar-refractivity contribution in [2.75, 3.05) is 0 Å². The number of sulfone groups is 1. The fourth-order valence-electron chi connectivity index (χ4n) is 1.99. The summed E-state index contributed by atoms with van der Waals surface area (Å²) in [5.74, 6) is 0. The predicted octanol–water partition coefficient (Wildman–Crippen LogP) is 3.47. The Labute approximate surface area is 127 Å². The average Bonchev–Trinajstić information content (AvgIpc) is 2.69. The van der Waals surface area contributed by atoms with Crippen LogP contribution in [0, 0.1) is 0 Å². The summed E-state index contributed by atoms with van der Waals surface area (Å²) < 4.78 is 74.1. The molecule has 3 nitrogen and oxygen atoms in total. The molecule has 1 aromatic carbocycles. The molecule has 1 N–H and O–H groups in total. The second-order valence-electron chi connectivity index (χ2n) is 4.05. The van der Waals surface area contributed by atoms with Crippen LogP contribution < -0.4 is 0 Å². The van der Waals surface area contributed by atoms with Gasteiger partial charge in [0, 0.05) is 16.5 Å². The van der Waals surface area contributed by atoms with Crippen molar-refractivity contribution in [1.29, 1.82) is 0 Å². The minimum atomic E-state index is -5.62. The molecule has 1 aliphatic carbocycles. The van der Waals surface area contributed by atoms with Crippen LogP contribution in [0.4, 0.5) is 17.6 Å². The third kappa shape index (κ3) is 3.00. The third-order valence-electron chi connectivity index (χ3n) is 2.89. The molecule has 2 atom stereocenters. The van der Waals surface area contributed by atoms with E-state index in [1.165, 1.54) is 0 Å². The maximum atomic E-state index is 13.4. The summed E-state index contributed by atoms with van der Waals surface area (Å²) in [6.07, 6.45) is -4.03. The highest BCUT2D eigenvalue weighted by molar-refractivity contribution is 9.10. The Kier molecular flexibility index (Phi) is 5.22. The predicted molar refractivity (Wildman–Crippen MR) is 72.2 cm³/mol. The van der Waals surface area contributed by atoms with Crippen molar-refractivity contribution in [1.82, 2.24) is 0 Å². The van der Waals surface area contributed by atoms with E-state index in [0.717, 1.165) is 6.07 Å². The fourth-order valence-corrected chi connectivity index (χ4v) is 3.53. The molecule has 0 spiro atoms. The van der Waals surface area contributed by atoms with Crippen molar-refractivity contribution in [2.45, 2.75) is 29.1 Å². The SMILES string of the molecule is C=C.O=S(=O)(c1ccc(Br)c2c1C(O)C(F)C2)C(F)(F)F. The molecule has 0 aromatic heterocycles. The van der Waals surface area contributed by atoms with Gasteiger partial charge < -0.3 is 5.11 Å². The Morgan fingerprint density at radius 2 is 1.81 bits per heavy atom. The van der Waals surface area contributed by atoms with Gasteiger partial charge in [0.15, 0.2) is 0 Å². The van der Waals surface area contributed by atoms with Gasteiger partial charge in [0.1, 0.15) is 12.3 Å². The number of halogens is 5. The maximum absolute atomic E-state index is 13.4. The highest BCUT2D eigenvalue weighted by atomic mass is 79.9. The summed E-state index contributed by atoms with van der Waals surface area (Å²) in [6, 6.07) is 1.81. The molecule has 0 heterocycles. The van der Waals surface area contributed by atoms with Crippen LogP contribution in [0.5, 0.6) is 0 Å². The van der Waals surface area contributed by atoms with Crippen molar-refractivity contribution >= 4 is 25.8 Å². The van der Waals surface area contributed by atoms with Crippen LogP contribution in [0.25, 0.3) is 0 Å². The Bertz CT molecular complexity index is 643. The summed E-state index contributed by atoms with van der Waals surface area (Å²) in [5.41, 5.74) is -5.97. The first-order valence-electron chi connectivity index (χ1n) is 5.52. The number of rotatable bonds is 1. The maximum Gasteiger partial charge on any atom is 0.501 e. The zero-order chi connectivity index (χ0) is 16.6. The van der Waals surface area contributed by atoms with Gasteiger partial charge in [-0.2, -0.15) is 13.2 Å². The van der Waals surface area contributed by atoms with Gasteiger partial charge in [0.05, 0.1) is 4.90 Å². The van der Waals surface area contributed by atoms with Gasteiger partial charge >= 0.3 is 5.51 Å². The molecule has 0 saturated carbocycles. The van der Waals surface area contributed by atoms with Crippen LogP contribution in [-0.4, -0.2) is 25.2 Å². The molecule has 0 radical (unpaired) electrons. The lowest BCUT2D eigenvalue weighted by Crippen LogP contribution is -2.25. The Morgan fingerprint density at radius 3 is 2.29 bits per heavy atom. The number of aliphatic hydroxyl groups excluding tert-OH is 1. The first-order valence-corrected chi connectivity index (χ1v) is 7.79. The van der Waals surface area contributed by atoms with E-state index in [4.69, 9.17) is 0 Å². The van der Waals surface area contributed by atoms with Gasteiger partial charge in [-0.15, -0.1) is 13.2 Å². The van der Waals surface area contributed by atoms with Crippen LogP contribution in [0.3, 0.4) is 0 Å². The molecule has 1 aromatic rings. The van der Waals surface area contributed by atoms with Gasteiger partial charge in [-0.25, -0.2) is 12.8 Å². The average molecular weight is 391 g/mol. The number of hydrogen-bond donors (Lipinski definition) is 1. The Hall–Kier alpha value is -0.930. The lowest BCUT2D eigenvalue weighted by molar-refractivity contribution is -0.0437. The molecular formula is C12H11BrF4O3S. The van der Waals surface area contributed by atoms with Gasteiger partial charge in [-0.3, -0.25) is 0 Å². The normalized spacial score (nSPS) is 21.4. The van der Waals surface area contributed by atoms with Gasteiger partial charge in [0.2, 0.25) is 0 Å². The minimum Gasteiger partial charge on any atom is -0.385 e. The van der Waals surface area contributed by atoms with Crippen LogP contribution in [0.2, 0.25) is 0 Å². The molecule has 21 heavy (non-hydrogen) atoms. The molecular weight excluding hydrogens is 380 g/mol. The molecule has 1 aliphatic rings. The van der Waals surface area contributed by atoms with E-state index in [1.807, 2.05) is 0 Å². The lowest BCUT2D eigenvalue weighted by Gasteiger charge is -2.15. The summed E-state index contributed by atoms with van der Waals surface area (Å²) in [6.45, 7) is 6.00. The zero-order valence-corrected chi connectivity index (χ0v) is 12.9. The zero-order valence-electron chi connectivity index (χ0n) is 10.5. The monoisotopic (exact) mass is 390 g/mol. The standard InChI is InChI=1S/C10H7BrF4O3S.C2H4/c11-5-1-2-7(19(17,18)10(13,14)15)8-4(5)3-6(12)9(8)16;1-2/h1-2,6,9,16H,3H2;1-2H2. The van der Waals surface area contributed by atoms with E-state index < -0.39 is 38.1 Å². The van der Waals surface area contributed by atoms with Crippen LogP contribution in [-0.2, 0) is 16.3 Å². The molecule has 0 bridgehead atoms. The van der Waals surface area contributed by atoms with Crippen molar-refractivity contribution < 1.29 is 31.1 Å². The molecule has 9 heteroatoms. The molecule has 2 unspecified atom stereocenters. The molecule has 0 aliphatic heterocycles. The number of alkyl halides is 4. The summed E-state index contributed by atoms with van der Waals surface area (Å²) in [5, 5.41) is 9.56. The quantitative estimate of drug-likeness (QED) is 0.589. The van der Waals surface area contributed by atoms with E-state index in [1.54, 1.807) is 0 Å². The molecule has 0 fully saturated rings. The highest BCUT2D eigenvalue weighted by Gasteiger charge is 2.50. The number of hydrogen-bond acceptors (Lipinski definition) is 3. The van der Waals surface area contributed by atoms with Crippen LogP contribution in [0.1, 0.15) is 17.2 Å². The summed E-state index contributed by atoms with van der Waals surface area (Å²) in [7, 11) is -5.62. The van der Waals surface area contributed by atoms with E-state index in [9.17, 15) is 31.1 Å². The highest BCUT2D eigenvalue weighted by Crippen LogP contribution is 2.44. The van der Waals surface area contributed by atoms with Gasteiger partial charge in [-0.1, -0.05) is 15.9 Å². The smallest absolute Gasteiger partial charge is 0.385 e. The van der Waals surface area contributed by atoms with Gasteiger partial charge in [-0.05, 0) is 17.7 Å². The molecule has 0 saturated heterocycles. The number of aliphatic hydroxyl groups is 1. The fraction of sp³-hybridized carbons (Fsp3) is 0.333. The van der Waals surface area contributed by atoms with E-state index in [0.29, 0.717) is 6.07 Å². The summed E-state index contributed by atoms with van der Waals surface area (Å²) in [4.78, 5) is -1.09. The first kappa shape index (κ1) is 18.1. The third-order valence-corrected chi connectivity index (χ3v) is 5.18. The van der Waals surface area contributed by atoms with Crippen molar-refractivity contribution in [3.63, 3.8) is 0 Å². The van der Waals surface area contributed by atoms with Gasteiger partial charge in [0.25, 0.3) is 9.84 Å². The Balaban J connectivity index is 0.00000106. The first-order chi connectivity index (χ1) is 9.57. The van der Waals surface area contributed by atoms with Crippen molar-refractivity contribution in [2.24, 2.45) is 0 Å². The molecule has 2 rings (SSSR count). The lowest BCUT2D eigenvalue weighted by atomic mass is 10.1. The second kappa shape index (κ2) is 6.05. The number of benzene rings is 1. The minimum absolute atomic E-state index is 0.0466.